The molecule has 0 aliphatic carbocycles. The van der Waals surface area contributed by atoms with E-state index in [1.807, 2.05) is 6.07 Å². The molecule has 8 heteroatoms. The zero-order valence-electron chi connectivity index (χ0n) is 11.3. The maximum atomic E-state index is 12.3. The molecule has 1 aromatic carbocycles. The third-order valence-corrected chi connectivity index (χ3v) is 4.81. The molecule has 1 aliphatic rings. The molecule has 0 radical (unpaired) electrons. The van der Waals surface area contributed by atoms with Gasteiger partial charge in [-0.1, -0.05) is 16.8 Å². The molecule has 1 unspecified atom stereocenters. The Hall–Kier alpha value is -1.57. The number of anilines is 1. The summed E-state index contributed by atoms with van der Waals surface area (Å²) in [7, 11) is 1.63. The molecule has 3 rings (SSSR count). The number of hydrogen-bond acceptors (Lipinski definition) is 6. The Morgan fingerprint density at radius 1 is 1.52 bits per heavy atom. The summed E-state index contributed by atoms with van der Waals surface area (Å²) in [6.07, 6.45) is -0.0966. The Bertz CT molecular complexity index is 704. The molecule has 1 aliphatic heterocycles. The Kier molecular flexibility index (Phi) is 3.88. The molecule has 1 N–H and O–H groups in total. The minimum Gasteiger partial charge on any atom is -0.376 e. The lowest BCUT2D eigenvalue weighted by molar-refractivity contribution is 0.102. The SMILES string of the molecule is COC1CSc2ccc(C(=O)Nc3nonc3C)c(Cl)c21. The number of amides is 1. The number of hydrogen-bond donors (Lipinski definition) is 1. The summed E-state index contributed by atoms with van der Waals surface area (Å²) >= 11 is 8.05. The topological polar surface area (TPSA) is 77.2 Å². The molecule has 0 spiro atoms. The van der Waals surface area contributed by atoms with E-state index in [1.165, 1.54) is 0 Å². The average molecular weight is 326 g/mol. The molecule has 1 atom stereocenters. The van der Waals surface area contributed by atoms with Crippen molar-refractivity contribution in [3.8, 4) is 0 Å². The zero-order chi connectivity index (χ0) is 15.0. The summed E-state index contributed by atoms with van der Waals surface area (Å²) in [6, 6.07) is 3.58. The molecule has 2 heterocycles. The van der Waals surface area contributed by atoms with Crippen LogP contribution < -0.4 is 5.32 Å². The van der Waals surface area contributed by atoms with E-state index < -0.39 is 0 Å². The molecular weight excluding hydrogens is 314 g/mol. The highest BCUT2D eigenvalue weighted by Crippen LogP contribution is 2.44. The Morgan fingerprint density at radius 3 is 3.00 bits per heavy atom. The zero-order valence-corrected chi connectivity index (χ0v) is 12.9. The van der Waals surface area contributed by atoms with Crippen LogP contribution in [-0.2, 0) is 4.74 Å². The molecular formula is C13H12ClN3O3S. The number of fused-ring (bicyclic) bond motifs is 1. The maximum absolute atomic E-state index is 12.3. The van der Waals surface area contributed by atoms with E-state index in [9.17, 15) is 4.79 Å². The average Bonchev–Trinajstić information content (AvgIpc) is 3.06. The van der Waals surface area contributed by atoms with E-state index in [2.05, 4.69) is 20.3 Å². The minimum absolute atomic E-state index is 0.0966. The number of aromatic nitrogens is 2. The summed E-state index contributed by atoms with van der Waals surface area (Å²) < 4.78 is 9.95. The smallest absolute Gasteiger partial charge is 0.258 e. The van der Waals surface area contributed by atoms with E-state index in [1.54, 1.807) is 31.9 Å². The molecule has 2 aromatic rings. The fourth-order valence-electron chi connectivity index (χ4n) is 2.13. The highest BCUT2D eigenvalue weighted by molar-refractivity contribution is 7.99. The van der Waals surface area contributed by atoms with Crippen LogP contribution in [0.15, 0.2) is 21.7 Å². The number of aryl methyl sites for hydroxylation is 1. The quantitative estimate of drug-likeness (QED) is 0.934. The maximum Gasteiger partial charge on any atom is 0.258 e. The van der Waals surface area contributed by atoms with E-state index in [0.29, 0.717) is 16.3 Å². The van der Waals surface area contributed by atoms with Crippen molar-refractivity contribution >= 4 is 35.1 Å². The highest BCUT2D eigenvalue weighted by atomic mass is 35.5. The first-order chi connectivity index (χ1) is 10.1. The predicted octanol–water partition coefficient (Wildman–Crippen LogP) is 3.08. The number of benzene rings is 1. The molecule has 110 valence electrons. The lowest BCUT2D eigenvalue weighted by Gasteiger charge is -2.13. The normalized spacial score (nSPS) is 16.8. The third-order valence-electron chi connectivity index (χ3n) is 3.27. The lowest BCUT2D eigenvalue weighted by Crippen LogP contribution is -2.14. The summed E-state index contributed by atoms with van der Waals surface area (Å²) in [5, 5.41) is 10.3. The van der Waals surface area contributed by atoms with Gasteiger partial charge in [0.25, 0.3) is 5.91 Å². The number of nitrogens with one attached hydrogen (secondary N) is 1. The van der Waals surface area contributed by atoms with Gasteiger partial charge >= 0.3 is 0 Å². The summed E-state index contributed by atoms with van der Waals surface area (Å²) in [5.41, 5.74) is 1.75. The second kappa shape index (κ2) is 5.67. The summed E-state index contributed by atoms with van der Waals surface area (Å²) in [5.74, 6) is 0.728. The van der Waals surface area contributed by atoms with Gasteiger partial charge in [-0.2, -0.15) is 0 Å². The van der Waals surface area contributed by atoms with Crippen molar-refractivity contribution in [2.45, 2.75) is 17.9 Å². The first-order valence-corrected chi connectivity index (χ1v) is 7.56. The van der Waals surface area contributed by atoms with Gasteiger partial charge in [-0.25, -0.2) is 4.63 Å². The van der Waals surface area contributed by atoms with Gasteiger partial charge in [0.1, 0.15) is 5.69 Å². The number of nitrogens with zero attached hydrogens (tertiary/aromatic N) is 2. The van der Waals surface area contributed by atoms with Crippen molar-refractivity contribution in [1.29, 1.82) is 0 Å². The molecule has 1 amide bonds. The summed E-state index contributed by atoms with van der Waals surface area (Å²) in [6.45, 7) is 1.69. The number of carbonyl (C=O) groups is 1. The second-order valence-electron chi connectivity index (χ2n) is 4.53. The van der Waals surface area contributed by atoms with Crippen molar-refractivity contribution < 1.29 is 14.2 Å². The van der Waals surface area contributed by atoms with Gasteiger partial charge in [-0.15, -0.1) is 11.8 Å². The van der Waals surface area contributed by atoms with Crippen LogP contribution in [0, 0.1) is 6.92 Å². The van der Waals surface area contributed by atoms with E-state index in [0.717, 1.165) is 16.2 Å². The first-order valence-electron chi connectivity index (χ1n) is 6.20. The Labute approximate surface area is 130 Å². The van der Waals surface area contributed by atoms with Gasteiger partial charge in [0, 0.05) is 23.3 Å². The monoisotopic (exact) mass is 325 g/mol. The molecule has 6 nitrogen and oxygen atoms in total. The molecule has 0 fully saturated rings. The van der Waals surface area contributed by atoms with Crippen LogP contribution in [0.5, 0.6) is 0 Å². The number of halogens is 1. The van der Waals surface area contributed by atoms with Crippen LogP contribution in [-0.4, -0.2) is 29.1 Å². The molecule has 1 aromatic heterocycles. The van der Waals surface area contributed by atoms with Crippen LogP contribution in [0.2, 0.25) is 5.02 Å². The van der Waals surface area contributed by atoms with Crippen molar-refractivity contribution in [1.82, 2.24) is 10.3 Å². The summed E-state index contributed by atoms with van der Waals surface area (Å²) in [4.78, 5) is 13.4. The van der Waals surface area contributed by atoms with Crippen molar-refractivity contribution in [2.24, 2.45) is 0 Å². The standard InChI is InChI=1S/C13H12ClN3O3S/c1-6-12(17-20-16-6)15-13(18)7-3-4-9-10(11(7)14)8(19-2)5-21-9/h3-4,8H,5H2,1-2H3,(H,15,17,18). The Morgan fingerprint density at radius 2 is 2.33 bits per heavy atom. The van der Waals surface area contributed by atoms with Gasteiger partial charge in [0.2, 0.25) is 5.82 Å². The van der Waals surface area contributed by atoms with Crippen LogP contribution in [0.4, 0.5) is 5.82 Å². The van der Waals surface area contributed by atoms with Crippen LogP contribution in [0.25, 0.3) is 0 Å². The Balaban J connectivity index is 1.93. The van der Waals surface area contributed by atoms with Gasteiger partial charge in [-0.05, 0) is 24.2 Å². The van der Waals surface area contributed by atoms with Crippen LogP contribution >= 0.6 is 23.4 Å². The third kappa shape index (κ3) is 2.52. The van der Waals surface area contributed by atoms with E-state index in [4.69, 9.17) is 16.3 Å². The lowest BCUT2D eigenvalue weighted by atomic mass is 10.1. The van der Waals surface area contributed by atoms with Gasteiger partial charge in [0.15, 0.2) is 0 Å². The fourth-order valence-corrected chi connectivity index (χ4v) is 3.75. The fraction of sp³-hybridized carbons (Fsp3) is 0.308. The number of carbonyl (C=O) groups excluding carboxylic acids is 1. The molecule has 0 bridgehead atoms. The minimum atomic E-state index is -0.353. The van der Waals surface area contributed by atoms with Crippen molar-refractivity contribution in [3.05, 3.63) is 34.0 Å². The van der Waals surface area contributed by atoms with Crippen molar-refractivity contribution in [2.75, 3.05) is 18.2 Å². The second-order valence-corrected chi connectivity index (χ2v) is 5.97. The first kappa shape index (κ1) is 14.4. The van der Waals surface area contributed by atoms with Gasteiger partial charge in [0.05, 0.1) is 16.7 Å². The number of ether oxygens (including phenoxy) is 1. The van der Waals surface area contributed by atoms with Crippen LogP contribution in [0.3, 0.4) is 0 Å². The van der Waals surface area contributed by atoms with Gasteiger partial charge in [-0.3, -0.25) is 4.79 Å². The van der Waals surface area contributed by atoms with Crippen molar-refractivity contribution in [3.63, 3.8) is 0 Å². The molecule has 21 heavy (non-hydrogen) atoms. The van der Waals surface area contributed by atoms with E-state index >= 15 is 0 Å². The van der Waals surface area contributed by atoms with Gasteiger partial charge < -0.3 is 10.1 Å². The number of rotatable bonds is 3. The number of thioether (sulfide) groups is 1. The van der Waals surface area contributed by atoms with Crippen LogP contribution in [0.1, 0.15) is 27.7 Å². The highest BCUT2D eigenvalue weighted by Gasteiger charge is 2.29. The van der Waals surface area contributed by atoms with E-state index in [-0.39, 0.29) is 17.8 Å². The largest absolute Gasteiger partial charge is 0.376 e. The number of methoxy groups -OCH3 is 1. The predicted molar refractivity (Wildman–Crippen MR) is 78.9 cm³/mol. The molecule has 0 saturated carbocycles. The molecule has 0 saturated heterocycles.